The SMILES string of the molecule is C[C@H](O[Si](C)(C)C(C)(C)C)[C@@H]1OC(C)(C)O[C@H]1[C@H](/C=C\[C@@H]1CC=CC(=O)O1)O[Si](C)(C)C(C)(C)C. The number of carbonyl (C=O) groups is 1. The zero-order valence-electron chi connectivity index (χ0n) is 24.4. The van der Waals surface area contributed by atoms with E-state index in [1.54, 1.807) is 0 Å². The van der Waals surface area contributed by atoms with Crippen LogP contribution in [0.3, 0.4) is 0 Å². The van der Waals surface area contributed by atoms with Crippen molar-refractivity contribution in [2.75, 3.05) is 0 Å². The summed E-state index contributed by atoms with van der Waals surface area (Å²) in [5, 5.41) is 0.105. The Hall–Kier alpha value is -0.776. The van der Waals surface area contributed by atoms with Gasteiger partial charge in [-0.3, -0.25) is 0 Å². The van der Waals surface area contributed by atoms with Gasteiger partial charge in [-0.1, -0.05) is 53.7 Å². The van der Waals surface area contributed by atoms with E-state index in [1.807, 2.05) is 32.1 Å². The second kappa shape index (κ2) is 10.5. The Morgan fingerprint density at radius 3 is 2.00 bits per heavy atom. The number of ether oxygens (including phenoxy) is 3. The summed E-state index contributed by atoms with van der Waals surface area (Å²) in [4.78, 5) is 11.8. The van der Waals surface area contributed by atoms with Crippen molar-refractivity contribution in [2.24, 2.45) is 0 Å². The highest BCUT2D eigenvalue weighted by atomic mass is 28.4. The summed E-state index contributed by atoms with van der Waals surface area (Å²) in [6.07, 6.45) is 6.42. The predicted molar refractivity (Wildman–Crippen MR) is 146 cm³/mol. The van der Waals surface area contributed by atoms with Gasteiger partial charge >= 0.3 is 5.97 Å². The molecule has 2 aliphatic heterocycles. The smallest absolute Gasteiger partial charge is 0.331 e. The molecule has 0 unspecified atom stereocenters. The molecule has 0 N–H and O–H groups in total. The fraction of sp³-hybridized carbons (Fsp3) is 0.815. The molecular weight excluding hydrogens is 476 g/mol. The lowest BCUT2D eigenvalue weighted by Crippen LogP contribution is -2.52. The van der Waals surface area contributed by atoms with Crippen molar-refractivity contribution in [3.8, 4) is 0 Å². The van der Waals surface area contributed by atoms with E-state index in [0.717, 1.165) is 0 Å². The Kier molecular flexibility index (Phi) is 9.17. The quantitative estimate of drug-likeness (QED) is 0.198. The zero-order chi connectivity index (χ0) is 27.0. The molecule has 2 aliphatic rings. The van der Waals surface area contributed by atoms with Crippen LogP contribution in [0.5, 0.6) is 0 Å². The molecule has 0 aliphatic carbocycles. The zero-order valence-corrected chi connectivity index (χ0v) is 26.4. The minimum Gasteiger partial charge on any atom is -0.455 e. The molecule has 1 saturated heterocycles. The predicted octanol–water partition coefficient (Wildman–Crippen LogP) is 6.74. The molecule has 0 aromatic carbocycles. The summed E-state index contributed by atoms with van der Waals surface area (Å²) in [5.74, 6) is -1.08. The van der Waals surface area contributed by atoms with Crippen LogP contribution in [0.1, 0.15) is 68.7 Å². The maximum Gasteiger partial charge on any atom is 0.331 e. The molecule has 202 valence electrons. The van der Waals surface area contributed by atoms with Crippen molar-refractivity contribution in [1.29, 1.82) is 0 Å². The van der Waals surface area contributed by atoms with Crippen molar-refractivity contribution in [1.82, 2.24) is 0 Å². The molecule has 8 heteroatoms. The Balaban J connectivity index is 2.39. The topological polar surface area (TPSA) is 63.2 Å². The third-order valence-electron chi connectivity index (χ3n) is 7.88. The van der Waals surface area contributed by atoms with Gasteiger partial charge in [-0.15, -0.1) is 0 Å². The normalized spacial score (nSPS) is 27.8. The molecular formula is C27H50O6Si2. The van der Waals surface area contributed by atoms with Crippen LogP contribution in [-0.2, 0) is 27.9 Å². The molecule has 2 heterocycles. The Morgan fingerprint density at radius 2 is 1.49 bits per heavy atom. The monoisotopic (exact) mass is 526 g/mol. The molecule has 0 spiro atoms. The van der Waals surface area contributed by atoms with Gasteiger partial charge in [0.1, 0.15) is 18.3 Å². The molecule has 0 amide bonds. The molecule has 2 rings (SSSR count). The lowest BCUT2D eigenvalue weighted by Gasteiger charge is -2.42. The highest BCUT2D eigenvalue weighted by molar-refractivity contribution is 6.74. The second-order valence-electron chi connectivity index (χ2n) is 13.5. The van der Waals surface area contributed by atoms with Crippen LogP contribution in [0, 0.1) is 0 Å². The van der Waals surface area contributed by atoms with Crippen LogP contribution in [0.25, 0.3) is 0 Å². The number of carbonyl (C=O) groups excluding carboxylic acids is 1. The van der Waals surface area contributed by atoms with E-state index in [9.17, 15) is 4.79 Å². The first-order valence-electron chi connectivity index (χ1n) is 12.9. The largest absolute Gasteiger partial charge is 0.455 e. The number of rotatable bonds is 8. The second-order valence-corrected chi connectivity index (χ2v) is 23.0. The van der Waals surface area contributed by atoms with Gasteiger partial charge < -0.3 is 23.1 Å². The average Bonchev–Trinajstić information content (AvgIpc) is 2.98. The lowest BCUT2D eigenvalue weighted by molar-refractivity contribution is -0.157. The van der Waals surface area contributed by atoms with Crippen molar-refractivity contribution in [3.63, 3.8) is 0 Å². The van der Waals surface area contributed by atoms with E-state index in [1.165, 1.54) is 6.08 Å². The lowest BCUT2D eigenvalue weighted by atomic mass is 10.0. The van der Waals surface area contributed by atoms with Gasteiger partial charge in [0.2, 0.25) is 0 Å². The van der Waals surface area contributed by atoms with Gasteiger partial charge in [0.25, 0.3) is 0 Å². The minimum absolute atomic E-state index is 0.0207. The molecule has 0 saturated carbocycles. The summed E-state index contributed by atoms with van der Waals surface area (Å²) in [5.41, 5.74) is 0. The third-order valence-corrected chi connectivity index (χ3v) is 16.9. The van der Waals surface area contributed by atoms with Crippen molar-refractivity contribution in [2.45, 2.75) is 141 Å². The fourth-order valence-electron chi connectivity index (χ4n) is 3.76. The highest BCUT2D eigenvalue weighted by Crippen LogP contribution is 2.43. The van der Waals surface area contributed by atoms with Crippen molar-refractivity contribution in [3.05, 3.63) is 24.3 Å². The van der Waals surface area contributed by atoms with Gasteiger partial charge in [-0.05, 0) is 63.1 Å². The Bertz CT molecular complexity index is 803. The summed E-state index contributed by atoms with van der Waals surface area (Å²) in [6, 6.07) is 0. The molecule has 6 nitrogen and oxygen atoms in total. The molecule has 0 aromatic heterocycles. The third kappa shape index (κ3) is 7.85. The average molecular weight is 527 g/mol. The minimum atomic E-state index is -2.16. The molecule has 0 bridgehead atoms. The van der Waals surface area contributed by atoms with Gasteiger partial charge in [-0.25, -0.2) is 4.79 Å². The number of hydrogen-bond acceptors (Lipinski definition) is 6. The van der Waals surface area contributed by atoms with Gasteiger partial charge in [-0.2, -0.15) is 0 Å². The fourth-order valence-corrected chi connectivity index (χ4v) is 6.43. The first-order chi connectivity index (χ1) is 15.7. The van der Waals surface area contributed by atoms with E-state index in [0.29, 0.717) is 6.42 Å². The Morgan fingerprint density at radius 1 is 0.971 bits per heavy atom. The number of esters is 1. The van der Waals surface area contributed by atoms with E-state index >= 15 is 0 Å². The standard InChI is InChI=1S/C27H50O6Si2/c1-19(32-34(10,11)25(2,3)4)23-24(31-27(8,9)30-23)21(33-35(12,13)26(5,6)7)18-17-20-15-14-16-22(28)29-20/h14,16-21,23-24H,15H2,1-13H3/b18-17-/t19-,20-,21-,23-,24-/m0/s1. The molecule has 0 aromatic rings. The van der Waals surface area contributed by atoms with E-state index in [-0.39, 0.29) is 46.6 Å². The molecule has 0 radical (unpaired) electrons. The van der Waals surface area contributed by atoms with E-state index in [2.05, 4.69) is 74.7 Å². The maximum absolute atomic E-state index is 11.8. The number of cyclic esters (lactones) is 1. The van der Waals surface area contributed by atoms with Gasteiger partial charge in [0.05, 0.1) is 12.2 Å². The van der Waals surface area contributed by atoms with Crippen LogP contribution >= 0.6 is 0 Å². The summed E-state index contributed by atoms with van der Waals surface area (Å²) < 4.78 is 32.1. The van der Waals surface area contributed by atoms with E-state index in [4.69, 9.17) is 23.1 Å². The van der Waals surface area contributed by atoms with Crippen LogP contribution in [0.15, 0.2) is 24.3 Å². The van der Waals surface area contributed by atoms with Crippen LogP contribution in [-0.4, -0.2) is 58.9 Å². The van der Waals surface area contributed by atoms with Gasteiger partial charge in [0.15, 0.2) is 22.4 Å². The number of hydrogen-bond donors (Lipinski definition) is 0. The summed E-state index contributed by atoms with van der Waals surface area (Å²) in [7, 11) is -4.19. The first kappa shape index (κ1) is 30.4. The van der Waals surface area contributed by atoms with Crippen LogP contribution in [0.4, 0.5) is 0 Å². The molecule has 35 heavy (non-hydrogen) atoms. The van der Waals surface area contributed by atoms with Crippen LogP contribution < -0.4 is 0 Å². The van der Waals surface area contributed by atoms with Crippen molar-refractivity contribution < 1.29 is 27.9 Å². The van der Waals surface area contributed by atoms with Crippen molar-refractivity contribution >= 4 is 22.6 Å². The Labute approximate surface area is 216 Å². The molecule has 1 fully saturated rings. The van der Waals surface area contributed by atoms with E-state index < -0.39 is 22.4 Å². The highest BCUT2D eigenvalue weighted by Gasteiger charge is 2.51. The van der Waals surface area contributed by atoms with Gasteiger partial charge in [0, 0.05) is 12.5 Å². The van der Waals surface area contributed by atoms with Crippen LogP contribution in [0.2, 0.25) is 36.3 Å². The summed E-state index contributed by atoms with van der Waals surface area (Å²) in [6.45, 7) is 28.4. The summed E-state index contributed by atoms with van der Waals surface area (Å²) >= 11 is 0. The first-order valence-corrected chi connectivity index (χ1v) is 18.7. The maximum atomic E-state index is 11.8. The molecule has 5 atom stereocenters.